The van der Waals surface area contributed by atoms with Crippen LogP contribution < -0.4 is 0 Å². The van der Waals surface area contributed by atoms with Crippen molar-refractivity contribution in [3.63, 3.8) is 0 Å². The summed E-state index contributed by atoms with van der Waals surface area (Å²) in [6, 6.07) is 4.85. The molecule has 2 fully saturated rings. The van der Waals surface area contributed by atoms with Gasteiger partial charge in [0.15, 0.2) is 0 Å². The Balaban J connectivity index is 1.77. The number of carbonyl (C=O) groups excluding carboxylic acids is 1. The van der Waals surface area contributed by atoms with Gasteiger partial charge in [-0.3, -0.25) is 14.8 Å². The average Bonchev–Trinajstić information content (AvgIpc) is 3.76. The van der Waals surface area contributed by atoms with Gasteiger partial charge in [0.25, 0.3) is 5.91 Å². The number of amides is 1. The van der Waals surface area contributed by atoms with E-state index in [1.165, 1.54) is 25.6 Å². The quantitative estimate of drug-likeness (QED) is 0.386. The van der Waals surface area contributed by atoms with Crippen molar-refractivity contribution in [1.29, 1.82) is 5.26 Å². The number of nitriles is 1. The molecule has 2 aliphatic carbocycles. The lowest BCUT2D eigenvalue weighted by Gasteiger charge is -2.30. The van der Waals surface area contributed by atoms with Gasteiger partial charge in [-0.2, -0.15) is 18.4 Å². The molecule has 4 rings (SSSR count). The molecular formula is C25H26F3N5O2. The van der Waals surface area contributed by atoms with E-state index >= 15 is 0 Å². The van der Waals surface area contributed by atoms with Crippen LogP contribution in [0.4, 0.5) is 13.2 Å². The van der Waals surface area contributed by atoms with Crippen LogP contribution in [0.2, 0.25) is 0 Å². The van der Waals surface area contributed by atoms with Crippen molar-refractivity contribution in [3.8, 4) is 6.07 Å². The minimum Gasteiger partial charge on any atom is -0.399 e. The Kier molecular flexibility index (Phi) is 6.54. The number of hydrogen-bond acceptors (Lipinski definition) is 6. The summed E-state index contributed by atoms with van der Waals surface area (Å²) in [5.74, 6) is -0.266. The highest BCUT2D eigenvalue weighted by molar-refractivity contribution is 5.98. The highest BCUT2D eigenvalue weighted by atomic mass is 19.4. The number of nitrogens with zero attached hydrogens (tertiary/aromatic N) is 5. The van der Waals surface area contributed by atoms with Crippen molar-refractivity contribution in [3.05, 3.63) is 58.7 Å². The molecule has 0 aliphatic heterocycles. The smallest absolute Gasteiger partial charge is 0.399 e. The lowest BCUT2D eigenvalue weighted by Crippen LogP contribution is -2.37. The minimum atomic E-state index is -4.64. The molecule has 1 unspecified atom stereocenters. The molecule has 10 heteroatoms. The summed E-state index contributed by atoms with van der Waals surface area (Å²) in [6.45, 7) is 3.86. The lowest BCUT2D eigenvalue weighted by atomic mass is 9.92. The van der Waals surface area contributed by atoms with Crippen LogP contribution in [0.15, 0.2) is 35.7 Å². The van der Waals surface area contributed by atoms with Crippen LogP contribution in [0, 0.1) is 17.2 Å². The van der Waals surface area contributed by atoms with Gasteiger partial charge in [-0.1, -0.05) is 5.16 Å². The van der Waals surface area contributed by atoms with Crippen LogP contribution in [-0.2, 0) is 16.4 Å². The van der Waals surface area contributed by atoms with Gasteiger partial charge in [0, 0.05) is 24.5 Å². The van der Waals surface area contributed by atoms with Gasteiger partial charge in [-0.05, 0) is 69.2 Å². The number of rotatable bonds is 8. The second-order valence-corrected chi connectivity index (χ2v) is 9.22. The first-order valence-corrected chi connectivity index (χ1v) is 11.4. The summed E-state index contributed by atoms with van der Waals surface area (Å²) in [4.78, 5) is 29.0. The summed E-state index contributed by atoms with van der Waals surface area (Å²) < 4.78 is 41.2. The van der Waals surface area contributed by atoms with Crippen molar-refractivity contribution >= 4 is 11.6 Å². The van der Waals surface area contributed by atoms with Crippen molar-refractivity contribution in [2.45, 2.75) is 57.2 Å². The van der Waals surface area contributed by atoms with E-state index in [1.807, 2.05) is 0 Å². The van der Waals surface area contributed by atoms with Crippen molar-refractivity contribution in [2.24, 2.45) is 11.1 Å². The van der Waals surface area contributed by atoms with E-state index in [9.17, 15) is 23.2 Å². The third kappa shape index (κ3) is 5.14. The molecule has 2 saturated carbocycles. The molecule has 0 saturated heterocycles. The molecule has 7 nitrogen and oxygen atoms in total. The molecule has 1 aromatic heterocycles. The Hall–Kier alpha value is -3.48. The van der Waals surface area contributed by atoms with Crippen LogP contribution >= 0.6 is 0 Å². The zero-order valence-corrected chi connectivity index (χ0v) is 19.8. The van der Waals surface area contributed by atoms with Crippen molar-refractivity contribution in [1.82, 2.24) is 14.9 Å². The van der Waals surface area contributed by atoms with Crippen LogP contribution in [0.1, 0.15) is 78.4 Å². The average molecular weight is 486 g/mol. The number of alkyl halides is 3. The van der Waals surface area contributed by atoms with E-state index in [-0.39, 0.29) is 17.0 Å². The van der Waals surface area contributed by atoms with Gasteiger partial charge in [-0.25, -0.2) is 0 Å². The molecule has 1 amide bonds. The third-order valence-electron chi connectivity index (χ3n) is 6.60. The standard InChI is InChI=1S/C25H26F3N5O2/c1-15(32-35-3)21-22(31-9-8-30-21)16(2)33(13-17-4-5-17)23(34)18-10-19(24(14-29)6-7-24)12-20(11-18)25(26,27)28/h8-12,16-17H,4-7,13H2,1-3H3. The number of hydrogen-bond donors (Lipinski definition) is 0. The fourth-order valence-corrected chi connectivity index (χ4v) is 4.20. The van der Waals surface area contributed by atoms with Gasteiger partial charge in [-0.15, -0.1) is 0 Å². The number of aromatic nitrogens is 2. The monoisotopic (exact) mass is 485 g/mol. The maximum atomic E-state index is 13.8. The Morgan fingerprint density at radius 3 is 2.54 bits per heavy atom. The number of halogens is 3. The van der Waals surface area contributed by atoms with E-state index in [2.05, 4.69) is 21.2 Å². The normalized spacial score (nSPS) is 17.9. The van der Waals surface area contributed by atoms with E-state index in [1.54, 1.807) is 18.7 Å². The van der Waals surface area contributed by atoms with Crippen LogP contribution in [-0.4, -0.2) is 40.1 Å². The zero-order chi connectivity index (χ0) is 25.4. The lowest BCUT2D eigenvalue weighted by molar-refractivity contribution is -0.137. The number of benzene rings is 1. The number of oxime groups is 1. The predicted molar refractivity (Wildman–Crippen MR) is 121 cm³/mol. The van der Waals surface area contributed by atoms with Gasteiger partial charge < -0.3 is 9.74 Å². The van der Waals surface area contributed by atoms with Gasteiger partial charge in [0.2, 0.25) is 0 Å². The fourth-order valence-electron chi connectivity index (χ4n) is 4.20. The SMILES string of the molecule is CON=C(C)c1nccnc1C(C)N(CC1CC1)C(=O)c1cc(C(F)(F)F)cc(C2(C#N)CC2)c1. The van der Waals surface area contributed by atoms with Gasteiger partial charge in [0.1, 0.15) is 18.5 Å². The largest absolute Gasteiger partial charge is 0.416 e. The first-order chi connectivity index (χ1) is 16.6. The number of carbonyl (C=O) groups is 1. The Morgan fingerprint density at radius 2 is 1.97 bits per heavy atom. The van der Waals surface area contributed by atoms with Crippen molar-refractivity contribution < 1.29 is 22.8 Å². The highest BCUT2D eigenvalue weighted by Crippen LogP contribution is 2.49. The maximum Gasteiger partial charge on any atom is 0.416 e. The second kappa shape index (κ2) is 9.29. The Labute approximate surface area is 201 Å². The molecule has 1 aromatic carbocycles. The zero-order valence-electron chi connectivity index (χ0n) is 19.8. The second-order valence-electron chi connectivity index (χ2n) is 9.22. The van der Waals surface area contributed by atoms with Crippen LogP contribution in [0.5, 0.6) is 0 Å². The summed E-state index contributed by atoms with van der Waals surface area (Å²) in [7, 11) is 1.41. The summed E-state index contributed by atoms with van der Waals surface area (Å²) >= 11 is 0. The molecule has 0 radical (unpaired) electrons. The molecule has 2 aliphatic rings. The maximum absolute atomic E-state index is 13.8. The summed E-state index contributed by atoms with van der Waals surface area (Å²) in [6.07, 6.45) is 1.20. The first kappa shape index (κ1) is 24.6. The summed E-state index contributed by atoms with van der Waals surface area (Å²) in [5, 5.41) is 13.5. The molecule has 35 heavy (non-hydrogen) atoms. The Morgan fingerprint density at radius 1 is 1.29 bits per heavy atom. The van der Waals surface area contributed by atoms with Gasteiger partial charge >= 0.3 is 6.18 Å². The molecular weight excluding hydrogens is 459 g/mol. The summed E-state index contributed by atoms with van der Waals surface area (Å²) in [5.41, 5.74) is -0.356. The molecule has 0 N–H and O–H groups in total. The Bertz CT molecular complexity index is 1200. The van der Waals surface area contributed by atoms with Gasteiger partial charge in [0.05, 0.1) is 28.8 Å². The first-order valence-electron chi connectivity index (χ1n) is 11.4. The molecule has 184 valence electrons. The van der Waals surface area contributed by atoms with E-state index < -0.39 is 29.1 Å². The van der Waals surface area contributed by atoms with E-state index in [4.69, 9.17) is 4.84 Å². The minimum absolute atomic E-state index is 0.0865. The molecule has 1 heterocycles. The van der Waals surface area contributed by atoms with Crippen molar-refractivity contribution in [2.75, 3.05) is 13.7 Å². The van der Waals surface area contributed by atoms with Crippen LogP contribution in [0.25, 0.3) is 0 Å². The highest BCUT2D eigenvalue weighted by Gasteiger charge is 2.47. The molecule has 1 atom stereocenters. The van der Waals surface area contributed by atoms with E-state index in [0.717, 1.165) is 25.0 Å². The fraction of sp³-hybridized carbons (Fsp3) is 0.480. The molecule has 0 bridgehead atoms. The third-order valence-corrected chi connectivity index (χ3v) is 6.60. The molecule has 0 spiro atoms. The molecule has 2 aromatic rings. The topological polar surface area (TPSA) is 91.5 Å². The van der Waals surface area contributed by atoms with Crippen LogP contribution in [0.3, 0.4) is 0 Å². The van der Waals surface area contributed by atoms with E-state index in [0.29, 0.717) is 36.5 Å². The predicted octanol–water partition coefficient (Wildman–Crippen LogP) is 5.03.